The number of aromatic nitrogens is 2. The SMILES string of the molecule is CC(C)(C)OC(=O)N1CCN(C(=O)OC2CCCCC2)C(C(=O)O)C1.Cc1nccn1Cc1cccc(NC(=O)C2CN(C(=O)OC(C)(C)C)CCN2C(=O)OC2CCCCC2)c1. The molecule has 2 aromatic rings. The molecule has 2 unspecified atom stereocenters. The Kier molecular flexibility index (Phi) is 16.7. The van der Waals surface area contributed by atoms with Crippen LogP contribution in [0.4, 0.5) is 24.9 Å². The molecule has 0 bridgehead atoms. The number of aliphatic carboxylic acids is 1. The summed E-state index contributed by atoms with van der Waals surface area (Å²) < 4.78 is 24.1. The number of imidazole rings is 1. The zero-order chi connectivity index (χ0) is 45.9. The first-order valence-corrected chi connectivity index (χ1v) is 22.3. The Bertz CT molecular complexity index is 1900. The van der Waals surface area contributed by atoms with E-state index in [9.17, 15) is 33.9 Å². The van der Waals surface area contributed by atoms with E-state index in [2.05, 4.69) is 10.3 Å². The standard InChI is InChI=1S/C28H39N5O5.C17H28N2O6/c1-20-29-13-14-31(20)18-21-9-8-10-22(17-21)30-25(34)24-19-32(26(35)38-28(2,3)4)15-16-33(24)27(36)37-23-11-6-5-7-12-23;1-17(2,3)25-15(22)18-9-10-19(13(11-18)14(20)21)16(23)24-12-7-5-4-6-8-12/h8-10,13-14,17,23-24H,5-7,11-12,15-16,18-19H2,1-4H3,(H,30,34);12-13H,4-11H2,1-3H3,(H,20,21). The summed E-state index contributed by atoms with van der Waals surface area (Å²) in [6, 6.07) is 5.52. The van der Waals surface area contributed by atoms with Gasteiger partial charge in [0.2, 0.25) is 5.91 Å². The summed E-state index contributed by atoms with van der Waals surface area (Å²) in [5.74, 6) is -0.639. The molecule has 3 heterocycles. The second kappa shape index (κ2) is 21.7. The van der Waals surface area contributed by atoms with Crippen molar-refractivity contribution in [1.29, 1.82) is 0 Å². The summed E-state index contributed by atoms with van der Waals surface area (Å²) in [5.41, 5.74) is 0.281. The molecule has 0 spiro atoms. The summed E-state index contributed by atoms with van der Waals surface area (Å²) in [6.07, 6.45) is 10.9. The number of piperazine rings is 2. The molecule has 6 rings (SSSR count). The van der Waals surface area contributed by atoms with Crippen molar-refractivity contribution in [2.45, 2.75) is 155 Å². The number of carboxylic acid groups (broad SMARTS) is 1. The molecule has 4 aliphatic rings. The molecule has 5 amide bonds. The second-order valence-corrected chi connectivity index (χ2v) is 18.7. The Hall–Kier alpha value is -5.55. The summed E-state index contributed by atoms with van der Waals surface area (Å²) >= 11 is 0. The van der Waals surface area contributed by atoms with E-state index in [1.54, 1.807) is 53.8 Å². The highest BCUT2D eigenvalue weighted by Crippen LogP contribution is 2.25. The minimum Gasteiger partial charge on any atom is -0.480 e. The van der Waals surface area contributed by atoms with Crippen LogP contribution >= 0.6 is 0 Å². The van der Waals surface area contributed by atoms with Crippen molar-refractivity contribution in [2.75, 3.05) is 44.6 Å². The van der Waals surface area contributed by atoms with Gasteiger partial charge in [-0.05, 0) is 118 Å². The van der Waals surface area contributed by atoms with E-state index in [4.69, 9.17) is 18.9 Å². The number of ether oxygens (including phenoxy) is 4. The third-order valence-electron chi connectivity index (χ3n) is 11.2. The van der Waals surface area contributed by atoms with Crippen LogP contribution in [-0.4, -0.2) is 145 Å². The van der Waals surface area contributed by atoms with Gasteiger partial charge in [-0.25, -0.2) is 29.0 Å². The van der Waals surface area contributed by atoms with Gasteiger partial charge >= 0.3 is 30.3 Å². The third-order valence-corrected chi connectivity index (χ3v) is 11.2. The smallest absolute Gasteiger partial charge is 0.410 e. The molecule has 2 N–H and O–H groups in total. The van der Waals surface area contributed by atoms with E-state index in [1.165, 1.54) is 19.6 Å². The van der Waals surface area contributed by atoms with Crippen molar-refractivity contribution in [2.24, 2.45) is 0 Å². The molecule has 2 aliphatic carbocycles. The Labute approximate surface area is 370 Å². The first-order valence-electron chi connectivity index (χ1n) is 22.3. The summed E-state index contributed by atoms with van der Waals surface area (Å²) in [4.78, 5) is 85.4. The van der Waals surface area contributed by atoms with Crippen LogP contribution in [0.3, 0.4) is 0 Å². The van der Waals surface area contributed by atoms with Gasteiger partial charge in [0, 0.05) is 50.8 Å². The summed E-state index contributed by atoms with van der Waals surface area (Å²) in [7, 11) is 0. The normalized spacial score (nSPS) is 20.2. The molecule has 18 nitrogen and oxygen atoms in total. The molecule has 18 heteroatoms. The molecule has 1 aromatic carbocycles. The van der Waals surface area contributed by atoms with Crippen molar-refractivity contribution in [3.05, 3.63) is 48.0 Å². The van der Waals surface area contributed by atoms with E-state index in [1.807, 2.05) is 35.9 Å². The minimum atomic E-state index is -1.16. The number of carbonyl (C=O) groups excluding carboxylic acids is 5. The van der Waals surface area contributed by atoms with Gasteiger partial charge in [-0.15, -0.1) is 0 Å². The average molecular weight is 882 g/mol. The highest BCUT2D eigenvalue weighted by atomic mass is 16.6. The number of nitrogens with zero attached hydrogens (tertiary/aromatic N) is 6. The van der Waals surface area contributed by atoms with Crippen LogP contribution in [0.1, 0.15) is 117 Å². The lowest BCUT2D eigenvalue weighted by Gasteiger charge is -2.40. The molecular weight excluding hydrogens is 815 g/mol. The van der Waals surface area contributed by atoms with E-state index >= 15 is 0 Å². The first-order chi connectivity index (χ1) is 29.8. The van der Waals surface area contributed by atoms with Gasteiger partial charge in [0.25, 0.3) is 0 Å². The van der Waals surface area contributed by atoms with Crippen LogP contribution in [0, 0.1) is 6.92 Å². The lowest BCUT2D eigenvalue weighted by molar-refractivity contribution is -0.145. The highest BCUT2D eigenvalue weighted by molar-refractivity contribution is 5.97. The maximum atomic E-state index is 13.6. The monoisotopic (exact) mass is 881 g/mol. The summed E-state index contributed by atoms with van der Waals surface area (Å²) in [5, 5.41) is 12.4. The number of hydrogen-bond acceptors (Lipinski definition) is 11. The predicted molar refractivity (Wildman–Crippen MR) is 232 cm³/mol. The van der Waals surface area contributed by atoms with Gasteiger partial charge in [0.05, 0.1) is 13.1 Å². The fourth-order valence-corrected chi connectivity index (χ4v) is 7.95. The third kappa shape index (κ3) is 14.8. The highest BCUT2D eigenvalue weighted by Gasteiger charge is 2.41. The van der Waals surface area contributed by atoms with Crippen molar-refractivity contribution in [1.82, 2.24) is 29.2 Å². The lowest BCUT2D eigenvalue weighted by Crippen LogP contribution is -2.61. The molecule has 2 aliphatic heterocycles. The van der Waals surface area contributed by atoms with Crippen LogP contribution in [-0.2, 0) is 35.1 Å². The molecule has 63 heavy (non-hydrogen) atoms. The average Bonchev–Trinajstić information content (AvgIpc) is 3.63. The van der Waals surface area contributed by atoms with E-state index in [0.29, 0.717) is 12.2 Å². The van der Waals surface area contributed by atoms with E-state index < -0.39 is 53.6 Å². The maximum Gasteiger partial charge on any atom is 0.410 e. The fourth-order valence-electron chi connectivity index (χ4n) is 7.95. The lowest BCUT2D eigenvalue weighted by atomic mass is 9.98. The molecule has 0 radical (unpaired) electrons. The number of carboxylic acids is 1. The number of anilines is 1. The minimum absolute atomic E-state index is 0.0223. The zero-order valence-corrected chi connectivity index (χ0v) is 38.0. The van der Waals surface area contributed by atoms with Gasteiger partial charge in [0.1, 0.15) is 35.3 Å². The van der Waals surface area contributed by atoms with Gasteiger partial charge in [-0.2, -0.15) is 0 Å². The van der Waals surface area contributed by atoms with Gasteiger partial charge in [0.15, 0.2) is 6.04 Å². The van der Waals surface area contributed by atoms with E-state index in [0.717, 1.165) is 75.6 Å². The summed E-state index contributed by atoms with van der Waals surface area (Å²) in [6.45, 7) is 13.9. The Morgan fingerprint density at radius 2 is 1.19 bits per heavy atom. The Morgan fingerprint density at radius 1 is 0.698 bits per heavy atom. The number of benzene rings is 1. The molecule has 2 atom stereocenters. The number of rotatable bonds is 7. The molecule has 4 fully saturated rings. The topological polar surface area (TPSA) is 202 Å². The van der Waals surface area contributed by atoms with Gasteiger partial charge in [-0.3, -0.25) is 14.6 Å². The molecule has 1 aromatic heterocycles. The van der Waals surface area contributed by atoms with Crippen molar-refractivity contribution >= 4 is 41.9 Å². The number of aryl methyl sites for hydroxylation is 1. The van der Waals surface area contributed by atoms with Crippen LogP contribution in [0.5, 0.6) is 0 Å². The Balaban J connectivity index is 0.000000260. The van der Waals surface area contributed by atoms with Crippen LogP contribution < -0.4 is 5.32 Å². The molecular formula is C45H67N7O11. The first kappa shape index (κ1) is 48.5. The largest absolute Gasteiger partial charge is 0.480 e. The van der Waals surface area contributed by atoms with Crippen molar-refractivity contribution < 1.29 is 52.8 Å². The maximum absolute atomic E-state index is 13.6. The number of amides is 5. The zero-order valence-electron chi connectivity index (χ0n) is 38.0. The second-order valence-electron chi connectivity index (χ2n) is 18.7. The van der Waals surface area contributed by atoms with Gasteiger partial charge in [-0.1, -0.05) is 25.0 Å². The fraction of sp³-hybridized carbons (Fsp3) is 0.667. The quantitative estimate of drug-likeness (QED) is 0.269. The molecule has 2 saturated carbocycles. The van der Waals surface area contributed by atoms with Gasteiger partial charge < -0.3 is 43.7 Å². The predicted octanol–water partition coefficient (Wildman–Crippen LogP) is 7.03. The molecule has 2 saturated heterocycles. The van der Waals surface area contributed by atoms with Crippen molar-refractivity contribution in [3.63, 3.8) is 0 Å². The number of carbonyl (C=O) groups is 6. The molecule has 348 valence electrons. The number of hydrogen-bond donors (Lipinski definition) is 2. The van der Waals surface area contributed by atoms with Crippen LogP contribution in [0.2, 0.25) is 0 Å². The number of nitrogens with one attached hydrogen (secondary N) is 1. The van der Waals surface area contributed by atoms with Crippen molar-refractivity contribution in [3.8, 4) is 0 Å². The van der Waals surface area contributed by atoms with E-state index in [-0.39, 0.29) is 57.4 Å². The Morgan fingerprint density at radius 3 is 1.65 bits per heavy atom. The van der Waals surface area contributed by atoms with Crippen LogP contribution in [0.15, 0.2) is 36.7 Å². The van der Waals surface area contributed by atoms with Crippen LogP contribution in [0.25, 0.3) is 0 Å².